The molecule has 3 nitrogen and oxygen atoms in total. The van der Waals surface area contributed by atoms with Gasteiger partial charge >= 0.3 is 0 Å². The summed E-state index contributed by atoms with van der Waals surface area (Å²) in [4.78, 5) is 10.9. The van der Waals surface area contributed by atoms with Crippen molar-refractivity contribution in [1.29, 1.82) is 0 Å². The predicted molar refractivity (Wildman–Crippen MR) is 75.5 cm³/mol. The van der Waals surface area contributed by atoms with Gasteiger partial charge in [-0.2, -0.15) is 0 Å². The maximum atomic E-state index is 4.50. The Labute approximate surface area is 111 Å². The first kappa shape index (κ1) is 12.6. The van der Waals surface area contributed by atoms with E-state index in [-0.39, 0.29) is 0 Å². The summed E-state index contributed by atoms with van der Waals surface area (Å²) in [6, 6.07) is 0. The van der Waals surface area contributed by atoms with E-state index < -0.39 is 0 Å². The molecule has 0 saturated heterocycles. The van der Waals surface area contributed by atoms with Gasteiger partial charge in [-0.3, -0.25) is 0 Å². The number of rotatable bonds is 1. The summed E-state index contributed by atoms with van der Waals surface area (Å²) >= 11 is 3.67. The van der Waals surface area contributed by atoms with E-state index in [0.717, 1.165) is 28.0 Å². The number of hydrogen-bond donors (Lipinski definition) is 0. The van der Waals surface area contributed by atoms with Crippen LogP contribution >= 0.6 is 15.9 Å². The van der Waals surface area contributed by atoms with Gasteiger partial charge in [0, 0.05) is 24.5 Å². The third-order valence-corrected chi connectivity index (χ3v) is 4.19. The van der Waals surface area contributed by atoms with Crippen LogP contribution in [0.2, 0.25) is 0 Å². The standard InChI is InChI=1S/C13H18BrN3/c1-8-5-6-10(14)11-12(9(8)2)15-7-16-13(11)17(3)4/h6-9H,5H2,1-4H3. The van der Waals surface area contributed by atoms with Crippen LogP contribution in [0.4, 0.5) is 5.82 Å². The molecule has 1 aromatic heterocycles. The van der Waals surface area contributed by atoms with Crippen molar-refractivity contribution >= 4 is 26.2 Å². The molecule has 1 aliphatic rings. The number of aromatic nitrogens is 2. The molecule has 0 fully saturated rings. The average molecular weight is 296 g/mol. The molecule has 0 amide bonds. The first-order chi connectivity index (χ1) is 8.02. The Morgan fingerprint density at radius 3 is 2.65 bits per heavy atom. The van der Waals surface area contributed by atoms with E-state index in [2.05, 4.69) is 45.8 Å². The van der Waals surface area contributed by atoms with Crippen LogP contribution in [0.3, 0.4) is 0 Å². The molecule has 1 aromatic rings. The van der Waals surface area contributed by atoms with Crippen LogP contribution in [0.1, 0.15) is 37.4 Å². The van der Waals surface area contributed by atoms with E-state index in [1.165, 1.54) is 0 Å². The van der Waals surface area contributed by atoms with Crippen molar-refractivity contribution in [1.82, 2.24) is 9.97 Å². The third-order valence-electron chi connectivity index (χ3n) is 3.47. The zero-order valence-corrected chi connectivity index (χ0v) is 12.3. The van der Waals surface area contributed by atoms with Gasteiger partial charge < -0.3 is 4.90 Å². The lowest BCUT2D eigenvalue weighted by Crippen LogP contribution is -2.16. The number of allylic oxidation sites excluding steroid dienone is 1. The quantitative estimate of drug-likeness (QED) is 0.795. The van der Waals surface area contributed by atoms with E-state index in [9.17, 15) is 0 Å². The second-order valence-electron chi connectivity index (χ2n) is 4.91. The van der Waals surface area contributed by atoms with Crippen LogP contribution in [0.25, 0.3) is 4.48 Å². The van der Waals surface area contributed by atoms with Crippen LogP contribution in [0.5, 0.6) is 0 Å². The molecule has 0 N–H and O–H groups in total. The molecule has 2 atom stereocenters. The first-order valence-corrected chi connectivity index (χ1v) is 6.70. The fourth-order valence-electron chi connectivity index (χ4n) is 2.17. The summed E-state index contributed by atoms with van der Waals surface area (Å²) in [5.41, 5.74) is 2.30. The maximum absolute atomic E-state index is 4.50. The van der Waals surface area contributed by atoms with Gasteiger partial charge in [-0.05, 0) is 12.3 Å². The summed E-state index contributed by atoms with van der Waals surface area (Å²) in [6.07, 6.45) is 4.98. The van der Waals surface area contributed by atoms with E-state index in [0.29, 0.717) is 11.8 Å². The number of anilines is 1. The lowest BCUT2D eigenvalue weighted by molar-refractivity contribution is 0.487. The highest BCUT2D eigenvalue weighted by Crippen LogP contribution is 2.40. The number of hydrogen-bond acceptors (Lipinski definition) is 3. The highest BCUT2D eigenvalue weighted by atomic mass is 79.9. The largest absolute Gasteiger partial charge is 0.362 e. The Hall–Kier alpha value is -0.900. The van der Waals surface area contributed by atoms with Gasteiger partial charge in [-0.1, -0.05) is 35.9 Å². The lowest BCUT2D eigenvalue weighted by atomic mass is 9.90. The molecule has 1 heterocycles. The van der Waals surface area contributed by atoms with Crippen LogP contribution in [0, 0.1) is 5.92 Å². The number of nitrogens with zero attached hydrogens (tertiary/aromatic N) is 3. The molecule has 0 radical (unpaired) electrons. The van der Waals surface area contributed by atoms with Crippen molar-refractivity contribution in [2.75, 3.05) is 19.0 Å². The van der Waals surface area contributed by atoms with Crippen molar-refractivity contribution in [2.45, 2.75) is 26.2 Å². The van der Waals surface area contributed by atoms with E-state index >= 15 is 0 Å². The smallest absolute Gasteiger partial charge is 0.140 e. The van der Waals surface area contributed by atoms with Gasteiger partial charge in [-0.25, -0.2) is 9.97 Å². The van der Waals surface area contributed by atoms with Gasteiger partial charge in [0.1, 0.15) is 12.1 Å². The summed E-state index contributed by atoms with van der Waals surface area (Å²) in [5, 5.41) is 0. The molecule has 0 aliphatic heterocycles. The number of fused-ring (bicyclic) bond motifs is 1. The van der Waals surface area contributed by atoms with Crippen LogP contribution in [-0.4, -0.2) is 24.1 Å². The Kier molecular flexibility index (Phi) is 3.52. The van der Waals surface area contributed by atoms with Crippen LogP contribution < -0.4 is 4.90 Å². The molecular weight excluding hydrogens is 278 g/mol. The van der Waals surface area contributed by atoms with E-state index in [1.54, 1.807) is 6.33 Å². The molecule has 1 aliphatic carbocycles. The second-order valence-corrected chi connectivity index (χ2v) is 5.76. The fourth-order valence-corrected chi connectivity index (χ4v) is 2.74. The minimum atomic E-state index is 0.456. The van der Waals surface area contributed by atoms with Gasteiger partial charge in [0.25, 0.3) is 0 Å². The normalized spacial score (nSPS) is 23.7. The topological polar surface area (TPSA) is 29.0 Å². The Balaban J connectivity index is 2.65. The zero-order chi connectivity index (χ0) is 12.6. The Morgan fingerprint density at radius 2 is 2.00 bits per heavy atom. The summed E-state index contributed by atoms with van der Waals surface area (Å²) < 4.78 is 1.12. The minimum Gasteiger partial charge on any atom is -0.362 e. The Morgan fingerprint density at radius 1 is 1.29 bits per heavy atom. The van der Waals surface area contributed by atoms with Crippen LogP contribution in [-0.2, 0) is 0 Å². The summed E-state index contributed by atoms with van der Waals surface area (Å²) in [6.45, 7) is 4.52. The van der Waals surface area contributed by atoms with Gasteiger partial charge in [-0.15, -0.1) is 0 Å². The van der Waals surface area contributed by atoms with Crippen molar-refractivity contribution in [2.24, 2.45) is 5.92 Å². The fraction of sp³-hybridized carbons (Fsp3) is 0.538. The average Bonchev–Trinajstić information content (AvgIpc) is 2.42. The molecule has 17 heavy (non-hydrogen) atoms. The SMILES string of the molecule is CC1CC=C(Br)c2c(ncnc2N(C)C)C1C. The third kappa shape index (κ3) is 2.23. The van der Waals surface area contributed by atoms with Gasteiger partial charge in [0.05, 0.1) is 11.3 Å². The predicted octanol–water partition coefficient (Wildman–Crippen LogP) is 3.42. The Bertz CT molecular complexity index is 454. The molecule has 0 spiro atoms. The summed E-state index contributed by atoms with van der Waals surface area (Å²) in [5.74, 6) is 2.05. The first-order valence-electron chi connectivity index (χ1n) is 5.90. The maximum Gasteiger partial charge on any atom is 0.140 e. The molecule has 2 rings (SSSR count). The molecule has 2 unspecified atom stereocenters. The summed E-state index contributed by atoms with van der Waals surface area (Å²) in [7, 11) is 4.03. The van der Waals surface area contributed by atoms with Crippen molar-refractivity contribution in [3.05, 3.63) is 23.7 Å². The minimum absolute atomic E-state index is 0.456. The van der Waals surface area contributed by atoms with Gasteiger partial charge in [0.2, 0.25) is 0 Å². The van der Waals surface area contributed by atoms with Crippen molar-refractivity contribution < 1.29 is 0 Å². The lowest BCUT2D eigenvalue weighted by Gasteiger charge is -2.21. The molecule has 0 bridgehead atoms. The van der Waals surface area contributed by atoms with E-state index in [4.69, 9.17) is 0 Å². The second kappa shape index (κ2) is 4.77. The van der Waals surface area contributed by atoms with E-state index in [1.807, 2.05) is 19.0 Å². The van der Waals surface area contributed by atoms with Gasteiger partial charge in [0.15, 0.2) is 0 Å². The highest BCUT2D eigenvalue weighted by molar-refractivity contribution is 9.15. The zero-order valence-electron chi connectivity index (χ0n) is 10.7. The number of halogens is 1. The van der Waals surface area contributed by atoms with Crippen molar-refractivity contribution in [3.8, 4) is 0 Å². The molecule has 4 heteroatoms. The molecule has 0 aromatic carbocycles. The highest BCUT2D eigenvalue weighted by Gasteiger charge is 2.25. The molecule has 0 saturated carbocycles. The molecule has 92 valence electrons. The van der Waals surface area contributed by atoms with Crippen LogP contribution in [0.15, 0.2) is 12.4 Å². The molecular formula is C13H18BrN3. The van der Waals surface area contributed by atoms with Crippen molar-refractivity contribution in [3.63, 3.8) is 0 Å². The monoisotopic (exact) mass is 295 g/mol.